The molecule has 1 unspecified atom stereocenters. The molecule has 0 aromatic heterocycles. The van der Waals surface area contributed by atoms with Crippen LogP contribution in [0.15, 0.2) is 0 Å². The van der Waals surface area contributed by atoms with E-state index in [2.05, 4.69) is 19.2 Å². The molecule has 0 spiro atoms. The smallest absolute Gasteiger partial charge is 0.0590 e. The molecule has 1 aliphatic rings. The van der Waals surface area contributed by atoms with Crippen LogP contribution in [-0.4, -0.2) is 25.8 Å². The number of rotatable bonds is 10. The quantitative estimate of drug-likeness (QED) is 0.563. The molecule has 0 radical (unpaired) electrons. The van der Waals surface area contributed by atoms with Crippen LogP contribution in [0.1, 0.15) is 52.4 Å². The molecule has 90 valence electrons. The van der Waals surface area contributed by atoms with Crippen molar-refractivity contribution >= 4 is 0 Å². The standard InChI is InChI=1S/C13H27NO/c1-3-5-9-15-10-8-14-13(4-2)11-12-6-7-12/h12-14H,3-11H2,1-2H3. The monoisotopic (exact) mass is 213 g/mol. The van der Waals surface area contributed by atoms with Crippen LogP contribution in [0.3, 0.4) is 0 Å². The summed E-state index contributed by atoms with van der Waals surface area (Å²) in [5, 5.41) is 3.59. The Morgan fingerprint density at radius 1 is 1.27 bits per heavy atom. The fraction of sp³-hybridized carbons (Fsp3) is 1.00. The molecule has 1 rings (SSSR count). The van der Waals surface area contributed by atoms with Crippen LogP contribution in [-0.2, 0) is 4.74 Å². The molecular formula is C13H27NO. The Balaban J connectivity index is 1.87. The minimum atomic E-state index is 0.729. The third-order valence-electron chi connectivity index (χ3n) is 3.13. The lowest BCUT2D eigenvalue weighted by Crippen LogP contribution is -2.32. The number of nitrogens with one attached hydrogen (secondary N) is 1. The van der Waals surface area contributed by atoms with E-state index in [1.807, 2.05) is 0 Å². The summed E-state index contributed by atoms with van der Waals surface area (Å²) in [6.45, 7) is 7.30. The van der Waals surface area contributed by atoms with Crippen LogP contribution < -0.4 is 5.32 Å². The Morgan fingerprint density at radius 3 is 2.67 bits per heavy atom. The van der Waals surface area contributed by atoms with Crippen molar-refractivity contribution < 1.29 is 4.74 Å². The van der Waals surface area contributed by atoms with Crippen molar-refractivity contribution in [1.29, 1.82) is 0 Å². The van der Waals surface area contributed by atoms with Crippen LogP contribution in [0.2, 0.25) is 0 Å². The molecular weight excluding hydrogens is 186 g/mol. The Hall–Kier alpha value is -0.0800. The number of ether oxygens (including phenoxy) is 1. The average Bonchev–Trinajstić information content (AvgIpc) is 3.05. The fourth-order valence-electron chi connectivity index (χ4n) is 1.83. The van der Waals surface area contributed by atoms with E-state index in [0.717, 1.165) is 31.7 Å². The zero-order valence-corrected chi connectivity index (χ0v) is 10.4. The van der Waals surface area contributed by atoms with Crippen LogP contribution in [0.25, 0.3) is 0 Å². The van der Waals surface area contributed by atoms with Gasteiger partial charge in [-0.2, -0.15) is 0 Å². The number of hydrogen-bond acceptors (Lipinski definition) is 2. The summed E-state index contributed by atoms with van der Waals surface area (Å²) in [4.78, 5) is 0. The summed E-state index contributed by atoms with van der Waals surface area (Å²) in [5.74, 6) is 1.03. The zero-order valence-electron chi connectivity index (χ0n) is 10.4. The summed E-state index contributed by atoms with van der Waals surface area (Å²) in [7, 11) is 0. The second-order valence-corrected chi connectivity index (χ2v) is 4.70. The maximum atomic E-state index is 5.53. The first-order valence-corrected chi connectivity index (χ1v) is 6.68. The summed E-state index contributed by atoms with van der Waals surface area (Å²) < 4.78 is 5.53. The van der Waals surface area contributed by atoms with Gasteiger partial charge in [0.05, 0.1) is 6.61 Å². The third kappa shape index (κ3) is 6.91. The first-order valence-electron chi connectivity index (χ1n) is 6.68. The predicted octanol–water partition coefficient (Wildman–Crippen LogP) is 2.97. The van der Waals surface area contributed by atoms with Crippen molar-refractivity contribution in [3.05, 3.63) is 0 Å². The van der Waals surface area contributed by atoms with Crippen molar-refractivity contribution in [2.24, 2.45) is 5.92 Å². The van der Waals surface area contributed by atoms with Gasteiger partial charge < -0.3 is 10.1 Å². The van der Waals surface area contributed by atoms with Gasteiger partial charge in [-0.25, -0.2) is 0 Å². The van der Waals surface area contributed by atoms with Gasteiger partial charge in [0.15, 0.2) is 0 Å². The van der Waals surface area contributed by atoms with Crippen molar-refractivity contribution in [3.8, 4) is 0 Å². The maximum absolute atomic E-state index is 5.53. The molecule has 0 amide bonds. The van der Waals surface area contributed by atoms with E-state index < -0.39 is 0 Å². The van der Waals surface area contributed by atoms with Gasteiger partial charge in [-0.05, 0) is 25.2 Å². The van der Waals surface area contributed by atoms with E-state index in [1.54, 1.807) is 0 Å². The molecule has 0 heterocycles. The Kier molecular flexibility index (Phi) is 7.03. The van der Waals surface area contributed by atoms with Gasteiger partial charge in [-0.15, -0.1) is 0 Å². The largest absolute Gasteiger partial charge is 0.380 e. The molecule has 0 saturated heterocycles. The van der Waals surface area contributed by atoms with Crippen LogP contribution in [0, 0.1) is 5.92 Å². The predicted molar refractivity (Wildman–Crippen MR) is 65.1 cm³/mol. The van der Waals surface area contributed by atoms with Crippen molar-refractivity contribution in [3.63, 3.8) is 0 Å². The highest BCUT2D eigenvalue weighted by atomic mass is 16.5. The fourth-order valence-corrected chi connectivity index (χ4v) is 1.83. The lowest BCUT2D eigenvalue weighted by molar-refractivity contribution is 0.130. The Morgan fingerprint density at radius 2 is 2.07 bits per heavy atom. The molecule has 1 atom stereocenters. The minimum absolute atomic E-state index is 0.729. The SMILES string of the molecule is CCCCOCCNC(CC)CC1CC1. The van der Waals surface area contributed by atoms with Crippen molar-refractivity contribution in [2.45, 2.75) is 58.4 Å². The maximum Gasteiger partial charge on any atom is 0.0590 e. The highest BCUT2D eigenvalue weighted by Crippen LogP contribution is 2.33. The molecule has 0 bridgehead atoms. The molecule has 2 nitrogen and oxygen atoms in total. The second-order valence-electron chi connectivity index (χ2n) is 4.70. The zero-order chi connectivity index (χ0) is 10.9. The Bertz CT molecular complexity index is 145. The number of unbranched alkanes of at least 4 members (excludes halogenated alkanes) is 1. The molecule has 1 N–H and O–H groups in total. The molecule has 1 fully saturated rings. The lowest BCUT2D eigenvalue weighted by atomic mass is 10.1. The second kappa shape index (κ2) is 8.12. The van der Waals surface area contributed by atoms with Crippen LogP contribution in [0.4, 0.5) is 0 Å². The summed E-state index contributed by atoms with van der Waals surface area (Å²) in [6, 6.07) is 0.729. The van der Waals surface area contributed by atoms with Gasteiger partial charge in [-0.3, -0.25) is 0 Å². The van der Waals surface area contributed by atoms with E-state index in [1.165, 1.54) is 38.5 Å². The van der Waals surface area contributed by atoms with Gasteiger partial charge in [0.2, 0.25) is 0 Å². The molecule has 1 saturated carbocycles. The van der Waals surface area contributed by atoms with E-state index >= 15 is 0 Å². The van der Waals surface area contributed by atoms with E-state index in [0.29, 0.717) is 0 Å². The number of hydrogen-bond donors (Lipinski definition) is 1. The van der Waals surface area contributed by atoms with Crippen molar-refractivity contribution in [1.82, 2.24) is 5.32 Å². The van der Waals surface area contributed by atoms with E-state index in [4.69, 9.17) is 4.74 Å². The topological polar surface area (TPSA) is 21.3 Å². The molecule has 0 aliphatic heterocycles. The molecule has 0 aromatic rings. The first kappa shape index (κ1) is 13.0. The minimum Gasteiger partial charge on any atom is -0.380 e. The summed E-state index contributed by atoms with van der Waals surface area (Å²) in [5.41, 5.74) is 0. The molecule has 15 heavy (non-hydrogen) atoms. The van der Waals surface area contributed by atoms with Gasteiger partial charge in [0.1, 0.15) is 0 Å². The molecule has 2 heteroatoms. The third-order valence-corrected chi connectivity index (χ3v) is 3.13. The van der Waals surface area contributed by atoms with Gasteiger partial charge in [0, 0.05) is 19.2 Å². The lowest BCUT2D eigenvalue weighted by Gasteiger charge is -2.16. The van der Waals surface area contributed by atoms with Gasteiger partial charge in [0.25, 0.3) is 0 Å². The van der Waals surface area contributed by atoms with Gasteiger partial charge >= 0.3 is 0 Å². The molecule has 1 aliphatic carbocycles. The molecule has 0 aromatic carbocycles. The highest BCUT2D eigenvalue weighted by Gasteiger charge is 2.24. The van der Waals surface area contributed by atoms with Crippen LogP contribution >= 0.6 is 0 Å². The first-order chi connectivity index (χ1) is 7.36. The van der Waals surface area contributed by atoms with E-state index in [9.17, 15) is 0 Å². The Labute approximate surface area is 94.8 Å². The van der Waals surface area contributed by atoms with Gasteiger partial charge in [-0.1, -0.05) is 33.1 Å². The van der Waals surface area contributed by atoms with Crippen LogP contribution in [0.5, 0.6) is 0 Å². The summed E-state index contributed by atoms with van der Waals surface area (Å²) >= 11 is 0. The normalized spacial score (nSPS) is 18.0. The average molecular weight is 213 g/mol. The van der Waals surface area contributed by atoms with Crippen molar-refractivity contribution in [2.75, 3.05) is 19.8 Å². The van der Waals surface area contributed by atoms with E-state index in [-0.39, 0.29) is 0 Å². The highest BCUT2D eigenvalue weighted by molar-refractivity contribution is 4.79. The summed E-state index contributed by atoms with van der Waals surface area (Å²) in [6.07, 6.45) is 7.99.